The van der Waals surface area contributed by atoms with Crippen molar-refractivity contribution in [2.75, 3.05) is 13.2 Å². The van der Waals surface area contributed by atoms with E-state index in [4.69, 9.17) is 9.47 Å². The molecule has 2 rings (SSSR count). The number of benzene rings is 2. The van der Waals surface area contributed by atoms with Gasteiger partial charge >= 0.3 is 0 Å². The molecule has 2 heteroatoms. The van der Waals surface area contributed by atoms with Crippen molar-refractivity contribution in [2.45, 2.75) is 41.5 Å². The van der Waals surface area contributed by atoms with E-state index in [-0.39, 0.29) is 0 Å². The predicted molar refractivity (Wildman–Crippen MR) is 112 cm³/mol. The number of aryl methyl sites for hydroxylation is 1. The first-order valence-electron chi connectivity index (χ1n) is 9.54. The monoisotopic (exact) mass is 352 g/mol. The summed E-state index contributed by atoms with van der Waals surface area (Å²) in [5, 5.41) is 0. The number of rotatable bonds is 8. The van der Waals surface area contributed by atoms with Crippen molar-refractivity contribution in [3.63, 3.8) is 0 Å². The molecule has 0 aliphatic carbocycles. The molecule has 0 saturated carbocycles. The van der Waals surface area contributed by atoms with Gasteiger partial charge in [-0.05, 0) is 54.5 Å². The molecule has 0 N–H and O–H groups in total. The molecule has 0 fully saturated rings. The summed E-state index contributed by atoms with van der Waals surface area (Å²) in [6.07, 6.45) is 4.22. The zero-order valence-electron chi connectivity index (χ0n) is 17.0. The zero-order valence-corrected chi connectivity index (χ0v) is 17.0. The van der Waals surface area contributed by atoms with Crippen LogP contribution < -0.4 is 9.47 Å². The zero-order chi connectivity index (χ0) is 19.1. The van der Waals surface area contributed by atoms with Crippen LogP contribution in [0.25, 0.3) is 17.2 Å². The first-order chi connectivity index (χ1) is 12.4. The highest BCUT2D eigenvalue weighted by Crippen LogP contribution is 2.35. The van der Waals surface area contributed by atoms with Crippen LogP contribution in [0.1, 0.15) is 45.7 Å². The van der Waals surface area contributed by atoms with Gasteiger partial charge in [0, 0.05) is 0 Å². The Morgan fingerprint density at radius 1 is 0.846 bits per heavy atom. The third-order valence-electron chi connectivity index (χ3n) is 3.95. The fourth-order valence-electron chi connectivity index (χ4n) is 2.67. The Labute approximate surface area is 158 Å². The standard InChI is InChI=1S/C24H32O2/c1-7-8-20-10-9-19(6)13-22(20)21-11-12-23(25-15-17(2)3)24(14-21)26-16-18(4)5/h7-14,17-18H,15-16H2,1-6H3/b8-7+. The molecule has 0 aliphatic rings. The minimum absolute atomic E-state index is 0.467. The lowest BCUT2D eigenvalue weighted by atomic mass is 9.97. The predicted octanol–water partition coefficient (Wildman–Crippen LogP) is 6.76. The topological polar surface area (TPSA) is 18.5 Å². The van der Waals surface area contributed by atoms with Gasteiger partial charge in [-0.15, -0.1) is 0 Å². The Hall–Kier alpha value is -2.22. The van der Waals surface area contributed by atoms with Gasteiger partial charge in [-0.3, -0.25) is 0 Å². The third kappa shape index (κ3) is 5.66. The van der Waals surface area contributed by atoms with Crippen molar-refractivity contribution in [1.82, 2.24) is 0 Å². The lowest BCUT2D eigenvalue weighted by Gasteiger charge is -2.17. The Morgan fingerprint density at radius 3 is 2.12 bits per heavy atom. The fraction of sp³-hybridized carbons (Fsp3) is 0.417. The van der Waals surface area contributed by atoms with Crippen LogP contribution in [0.5, 0.6) is 11.5 Å². The van der Waals surface area contributed by atoms with E-state index in [0.29, 0.717) is 25.0 Å². The molecule has 0 aromatic heterocycles. The SMILES string of the molecule is C/C=C/c1ccc(C)cc1-c1ccc(OCC(C)C)c(OCC(C)C)c1. The average molecular weight is 353 g/mol. The molecule has 0 amide bonds. The van der Waals surface area contributed by atoms with Crippen LogP contribution in [0.15, 0.2) is 42.5 Å². The normalized spacial score (nSPS) is 11.5. The fourth-order valence-corrected chi connectivity index (χ4v) is 2.67. The average Bonchev–Trinajstić information content (AvgIpc) is 2.60. The molecule has 0 aliphatic heterocycles. The largest absolute Gasteiger partial charge is 0.489 e. The molecule has 0 unspecified atom stereocenters. The number of hydrogen-bond donors (Lipinski definition) is 0. The molecule has 0 saturated heterocycles. The summed E-state index contributed by atoms with van der Waals surface area (Å²) >= 11 is 0. The maximum Gasteiger partial charge on any atom is 0.161 e. The van der Waals surface area contributed by atoms with Crippen LogP contribution in [0.4, 0.5) is 0 Å². The molecule has 2 nitrogen and oxygen atoms in total. The minimum Gasteiger partial charge on any atom is -0.489 e. The van der Waals surface area contributed by atoms with Gasteiger partial charge in [-0.1, -0.05) is 69.7 Å². The maximum absolute atomic E-state index is 6.08. The lowest BCUT2D eigenvalue weighted by molar-refractivity contribution is 0.229. The van der Waals surface area contributed by atoms with Gasteiger partial charge < -0.3 is 9.47 Å². The number of hydrogen-bond acceptors (Lipinski definition) is 2. The highest BCUT2D eigenvalue weighted by atomic mass is 16.5. The molecule has 0 heterocycles. The summed E-state index contributed by atoms with van der Waals surface area (Å²) in [7, 11) is 0. The van der Waals surface area contributed by atoms with Crippen molar-refractivity contribution in [2.24, 2.45) is 11.8 Å². The summed E-state index contributed by atoms with van der Waals surface area (Å²) in [5.74, 6) is 2.59. The minimum atomic E-state index is 0.467. The molecule has 2 aromatic carbocycles. The maximum atomic E-state index is 6.08. The van der Waals surface area contributed by atoms with Crippen LogP contribution in [-0.4, -0.2) is 13.2 Å². The van der Waals surface area contributed by atoms with Crippen molar-refractivity contribution >= 4 is 6.08 Å². The van der Waals surface area contributed by atoms with Crippen molar-refractivity contribution in [3.8, 4) is 22.6 Å². The van der Waals surface area contributed by atoms with Gasteiger partial charge in [0.1, 0.15) is 0 Å². The molecule has 140 valence electrons. The van der Waals surface area contributed by atoms with Crippen LogP contribution in [0.2, 0.25) is 0 Å². The van der Waals surface area contributed by atoms with Gasteiger partial charge in [0.15, 0.2) is 11.5 Å². The molecule has 0 bridgehead atoms. The molecule has 26 heavy (non-hydrogen) atoms. The quantitative estimate of drug-likeness (QED) is 0.522. The van der Waals surface area contributed by atoms with Crippen LogP contribution >= 0.6 is 0 Å². The highest BCUT2D eigenvalue weighted by molar-refractivity contribution is 5.77. The van der Waals surface area contributed by atoms with E-state index in [2.05, 4.69) is 77.1 Å². The Bertz CT molecular complexity index is 742. The molecule has 0 atom stereocenters. The number of allylic oxidation sites excluding steroid dienone is 1. The van der Waals surface area contributed by atoms with Gasteiger partial charge in [0.2, 0.25) is 0 Å². The van der Waals surface area contributed by atoms with E-state index >= 15 is 0 Å². The summed E-state index contributed by atoms with van der Waals surface area (Å²) < 4.78 is 12.1. The summed E-state index contributed by atoms with van der Waals surface area (Å²) in [4.78, 5) is 0. The molecule has 0 radical (unpaired) electrons. The summed E-state index contributed by atoms with van der Waals surface area (Å²) in [6, 6.07) is 12.8. The summed E-state index contributed by atoms with van der Waals surface area (Å²) in [5.41, 5.74) is 4.83. The molecular weight excluding hydrogens is 320 g/mol. The van der Waals surface area contributed by atoms with E-state index in [1.54, 1.807) is 0 Å². The molecular formula is C24H32O2. The molecule has 0 spiro atoms. The van der Waals surface area contributed by atoms with Crippen molar-refractivity contribution < 1.29 is 9.47 Å². The van der Waals surface area contributed by atoms with Gasteiger partial charge in [-0.25, -0.2) is 0 Å². The van der Waals surface area contributed by atoms with E-state index < -0.39 is 0 Å². The highest BCUT2D eigenvalue weighted by Gasteiger charge is 2.12. The van der Waals surface area contributed by atoms with E-state index in [1.165, 1.54) is 16.7 Å². The summed E-state index contributed by atoms with van der Waals surface area (Å²) in [6.45, 7) is 14.1. The van der Waals surface area contributed by atoms with Gasteiger partial charge in [0.25, 0.3) is 0 Å². The second-order valence-corrected chi connectivity index (χ2v) is 7.66. The second-order valence-electron chi connectivity index (χ2n) is 7.66. The van der Waals surface area contributed by atoms with E-state index in [0.717, 1.165) is 17.1 Å². The molecule has 2 aromatic rings. The number of ether oxygens (including phenoxy) is 2. The van der Waals surface area contributed by atoms with Gasteiger partial charge in [0.05, 0.1) is 13.2 Å². The Balaban J connectivity index is 2.43. The van der Waals surface area contributed by atoms with Gasteiger partial charge in [-0.2, -0.15) is 0 Å². The van der Waals surface area contributed by atoms with E-state index in [9.17, 15) is 0 Å². The van der Waals surface area contributed by atoms with E-state index in [1.807, 2.05) is 13.0 Å². The van der Waals surface area contributed by atoms with Crippen LogP contribution in [0, 0.1) is 18.8 Å². The third-order valence-corrected chi connectivity index (χ3v) is 3.95. The Kier molecular flexibility index (Phi) is 7.32. The Morgan fingerprint density at radius 2 is 1.50 bits per heavy atom. The van der Waals surface area contributed by atoms with Crippen LogP contribution in [-0.2, 0) is 0 Å². The first kappa shape index (κ1) is 20.1. The first-order valence-corrected chi connectivity index (χ1v) is 9.54. The van der Waals surface area contributed by atoms with Crippen molar-refractivity contribution in [3.05, 3.63) is 53.6 Å². The van der Waals surface area contributed by atoms with Crippen molar-refractivity contribution in [1.29, 1.82) is 0 Å². The van der Waals surface area contributed by atoms with Crippen LogP contribution in [0.3, 0.4) is 0 Å². The lowest BCUT2D eigenvalue weighted by Crippen LogP contribution is -2.09. The smallest absolute Gasteiger partial charge is 0.161 e. The second kappa shape index (κ2) is 9.47.